The first-order chi connectivity index (χ1) is 16.6. The highest BCUT2D eigenvalue weighted by Gasteiger charge is 2.37. The standard InChI is InChI=1S/C26H27F3N4O2/c1-25(35,18-8-3-2-4-9-18)15-20(34)12-5-6-13-22-31-21-14-17(16-30)23(26(27,28)29)32-24(21)33(22)19-10-7-11-19/h2-4,8-9,14,19,35H,5-7,10-13,15H2,1H3. The monoisotopic (exact) mass is 484 g/mol. The lowest BCUT2D eigenvalue weighted by atomic mass is 9.89. The summed E-state index contributed by atoms with van der Waals surface area (Å²) < 4.78 is 42.2. The molecule has 1 aliphatic carbocycles. The molecule has 1 aliphatic rings. The molecule has 1 saturated carbocycles. The molecular formula is C26H27F3N4O2. The number of halogens is 3. The van der Waals surface area contributed by atoms with Crippen molar-refractivity contribution in [2.75, 3.05) is 0 Å². The Bertz CT molecular complexity index is 1260. The molecule has 0 aliphatic heterocycles. The number of aryl methyl sites for hydroxylation is 1. The number of ketones is 1. The molecule has 4 rings (SSSR count). The summed E-state index contributed by atoms with van der Waals surface area (Å²) in [6, 6.07) is 11.8. The van der Waals surface area contributed by atoms with E-state index in [1.54, 1.807) is 29.7 Å². The van der Waals surface area contributed by atoms with Crippen LogP contribution < -0.4 is 0 Å². The first-order valence-corrected chi connectivity index (χ1v) is 11.8. The molecule has 3 aromatic rings. The first-order valence-electron chi connectivity index (χ1n) is 11.8. The van der Waals surface area contributed by atoms with Crippen LogP contribution in [0.4, 0.5) is 13.2 Å². The highest BCUT2D eigenvalue weighted by molar-refractivity contribution is 5.79. The molecule has 0 amide bonds. The second kappa shape index (κ2) is 9.78. The van der Waals surface area contributed by atoms with Crippen LogP contribution in [-0.2, 0) is 23.0 Å². The Hall–Kier alpha value is -3.25. The number of hydrogen-bond donors (Lipinski definition) is 1. The van der Waals surface area contributed by atoms with Gasteiger partial charge in [0.15, 0.2) is 11.3 Å². The molecule has 9 heteroatoms. The Morgan fingerprint density at radius 1 is 1.20 bits per heavy atom. The SMILES string of the molecule is CC(O)(CC(=O)CCCCc1nc2cc(C#N)c(C(F)(F)F)nc2n1C1CCC1)c1ccccc1. The summed E-state index contributed by atoms with van der Waals surface area (Å²) in [5.41, 5.74) is -1.83. The Balaban J connectivity index is 1.45. The quantitative estimate of drug-likeness (QED) is 0.398. The molecule has 2 heterocycles. The van der Waals surface area contributed by atoms with Crippen molar-refractivity contribution in [3.8, 4) is 6.07 Å². The molecule has 184 valence electrons. The minimum absolute atomic E-state index is 0.0126. The number of aromatic nitrogens is 3. The predicted molar refractivity (Wildman–Crippen MR) is 123 cm³/mol. The smallest absolute Gasteiger partial charge is 0.385 e. The molecule has 1 aromatic carbocycles. The van der Waals surface area contributed by atoms with E-state index in [0.29, 0.717) is 37.1 Å². The number of carbonyl (C=O) groups excluding carboxylic acids is 1. The minimum Gasteiger partial charge on any atom is -0.385 e. The zero-order valence-corrected chi connectivity index (χ0v) is 19.5. The van der Waals surface area contributed by atoms with Crippen molar-refractivity contribution < 1.29 is 23.1 Å². The number of aliphatic hydroxyl groups is 1. The molecule has 1 fully saturated rings. The number of fused-ring (bicyclic) bond motifs is 1. The average Bonchev–Trinajstić information content (AvgIpc) is 3.11. The van der Waals surface area contributed by atoms with Crippen molar-refractivity contribution in [3.63, 3.8) is 0 Å². The van der Waals surface area contributed by atoms with Gasteiger partial charge in [-0.25, -0.2) is 9.97 Å². The summed E-state index contributed by atoms with van der Waals surface area (Å²) >= 11 is 0. The summed E-state index contributed by atoms with van der Waals surface area (Å²) in [7, 11) is 0. The normalized spacial score (nSPS) is 16.0. The molecule has 1 N–H and O–H groups in total. The molecule has 0 spiro atoms. The Morgan fingerprint density at radius 3 is 2.51 bits per heavy atom. The zero-order chi connectivity index (χ0) is 25.2. The maximum Gasteiger partial charge on any atom is 0.434 e. The van der Waals surface area contributed by atoms with E-state index in [2.05, 4.69) is 9.97 Å². The number of imidazole rings is 1. The number of hydrogen-bond acceptors (Lipinski definition) is 5. The summed E-state index contributed by atoms with van der Waals surface area (Å²) in [6.07, 6.45) is -0.0753. The van der Waals surface area contributed by atoms with Crippen LogP contribution in [0.25, 0.3) is 11.2 Å². The van der Waals surface area contributed by atoms with Crippen molar-refractivity contribution in [2.45, 2.75) is 76.1 Å². The van der Waals surface area contributed by atoms with Gasteiger partial charge in [-0.3, -0.25) is 4.79 Å². The Kier molecular flexibility index (Phi) is 6.95. The van der Waals surface area contributed by atoms with Gasteiger partial charge in [0.2, 0.25) is 0 Å². The molecule has 0 saturated heterocycles. The summed E-state index contributed by atoms with van der Waals surface area (Å²) in [5.74, 6) is 0.575. The van der Waals surface area contributed by atoms with Crippen LogP contribution in [-0.4, -0.2) is 25.4 Å². The number of pyridine rings is 1. The lowest BCUT2D eigenvalue weighted by Crippen LogP contribution is -2.25. The fourth-order valence-electron chi connectivity index (χ4n) is 4.55. The van der Waals surface area contributed by atoms with E-state index in [-0.39, 0.29) is 29.4 Å². The number of carbonyl (C=O) groups is 1. The fourth-order valence-corrected chi connectivity index (χ4v) is 4.55. The van der Waals surface area contributed by atoms with E-state index >= 15 is 0 Å². The van der Waals surface area contributed by atoms with Gasteiger partial charge >= 0.3 is 6.18 Å². The van der Waals surface area contributed by atoms with Crippen LogP contribution in [0.2, 0.25) is 0 Å². The first kappa shape index (κ1) is 24.9. The van der Waals surface area contributed by atoms with E-state index in [1.807, 2.05) is 18.2 Å². The second-order valence-electron chi connectivity index (χ2n) is 9.38. The van der Waals surface area contributed by atoms with E-state index in [9.17, 15) is 28.3 Å². The van der Waals surface area contributed by atoms with Crippen molar-refractivity contribution >= 4 is 16.9 Å². The number of nitriles is 1. The van der Waals surface area contributed by atoms with Crippen LogP contribution in [0, 0.1) is 11.3 Å². The van der Waals surface area contributed by atoms with Gasteiger partial charge in [-0.05, 0) is 50.7 Å². The number of nitrogens with zero attached hydrogens (tertiary/aromatic N) is 4. The van der Waals surface area contributed by atoms with Crippen LogP contribution >= 0.6 is 0 Å². The molecule has 1 atom stereocenters. The Morgan fingerprint density at radius 2 is 1.91 bits per heavy atom. The van der Waals surface area contributed by atoms with Crippen LogP contribution in [0.15, 0.2) is 36.4 Å². The minimum atomic E-state index is -4.73. The van der Waals surface area contributed by atoms with E-state index in [0.717, 1.165) is 19.3 Å². The summed E-state index contributed by atoms with van der Waals surface area (Å²) in [6.45, 7) is 1.62. The van der Waals surface area contributed by atoms with E-state index < -0.39 is 23.0 Å². The molecule has 35 heavy (non-hydrogen) atoms. The number of Topliss-reactive ketones (excluding diaryl/α,β-unsaturated/α-hetero) is 1. The molecule has 2 aromatic heterocycles. The number of rotatable bonds is 9. The summed E-state index contributed by atoms with van der Waals surface area (Å²) in [4.78, 5) is 20.8. The molecule has 0 bridgehead atoms. The number of unbranched alkanes of at least 4 members (excludes halogenated alkanes) is 1. The number of alkyl halides is 3. The summed E-state index contributed by atoms with van der Waals surface area (Å²) in [5, 5.41) is 19.9. The van der Waals surface area contributed by atoms with Gasteiger partial charge in [0.05, 0.1) is 11.2 Å². The number of benzene rings is 1. The third-order valence-electron chi connectivity index (χ3n) is 6.61. The molecular weight excluding hydrogens is 457 g/mol. The fraction of sp³-hybridized carbons (Fsp3) is 0.462. The van der Waals surface area contributed by atoms with Crippen LogP contribution in [0.3, 0.4) is 0 Å². The van der Waals surface area contributed by atoms with Gasteiger partial charge < -0.3 is 9.67 Å². The van der Waals surface area contributed by atoms with Gasteiger partial charge in [-0.1, -0.05) is 30.3 Å². The zero-order valence-electron chi connectivity index (χ0n) is 19.5. The van der Waals surface area contributed by atoms with Crippen LogP contribution in [0.5, 0.6) is 0 Å². The van der Waals surface area contributed by atoms with Crippen molar-refractivity contribution in [2.24, 2.45) is 0 Å². The topological polar surface area (TPSA) is 91.8 Å². The lowest BCUT2D eigenvalue weighted by Gasteiger charge is -2.29. The van der Waals surface area contributed by atoms with Gasteiger partial charge in [-0.15, -0.1) is 0 Å². The van der Waals surface area contributed by atoms with Crippen molar-refractivity contribution in [1.29, 1.82) is 5.26 Å². The molecule has 6 nitrogen and oxygen atoms in total. The third-order valence-corrected chi connectivity index (χ3v) is 6.61. The van der Waals surface area contributed by atoms with E-state index in [4.69, 9.17) is 0 Å². The Labute approximate surface area is 201 Å². The van der Waals surface area contributed by atoms with Crippen molar-refractivity contribution in [3.05, 3.63) is 59.0 Å². The van der Waals surface area contributed by atoms with Gasteiger partial charge in [0.1, 0.15) is 23.2 Å². The highest BCUT2D eigenvalue weighted by Crippen LogP contribution is 2.38. The van der Waals surface area contributed by atoms with Crippen LogP contribution in [0.1, 0.15) is 80.6 Å². The molecule has 0 radical (unpaired) electrons. The molecule has 1 unspecified atom stereocenters. The third kappa shape index (κ3) is 5.38. The van der Waals surface area contributed by atoms with E-state index in [1.165, 1.54) is 6.07 Å². The van der Waals surface area contributed by atoms with Gasteiger partial charge in [0.25, 0.3) is 0 Å². The second-order valence-corrected chi connectivity index (χ2v) is 9.38. The highest BCUT2D eigenvalue weighted by atomic mass is 19.4. The van der Waals surface area contributed by atoms with Gasteiger partial charge in [-0.2, -0.15) is 18.4 Å². The lowest BCUT2D eigenvalue weighted by molar-refractivity contribution is -0.141. The average molecular weight is 485 g/mol. The van der Waals surface area contributed by atoms with Gasteiger partial charge in [0, 0.05) is 25.3 Å². The van der Waals surface area contributed by atoms with Crippen molar-refractivity contribution in [1.82, 2.24) is 14.5 Å². The maximum absolute atomic E-state index is 13.5. The predicted octanol–water partition coefficient (Wildman–Crippen LogP) is 5.63. The largest absolute Gasteiger partial charge is 0.434 e. The maximum atomic E-state index is 13.5.